The number of nitrogens with one attached hydrogen (secondary N) is 4. The fraction of sp³-hybridized carbons (Fsp3) is 0.854. The minimum atomic E-state index is -1.04. The Morgan fingerprint density at radius 1 is 0.431 bits per heavy atom. The molecule has 0 saturated heterocycles. The molecule has 17 heteroatoms. The van der Waals surface area contributed by atoms with Crippen molar-refractivity contribution in [3.05, 3.63) is 0 Å². The van der Waals surface area contributed by atoms with E-state index in [9.17, 15) is 28.8 Å². The van der Waals surface area contributed by atoms with E-state index in [1.54, 1.807) is 7.05 Å². The van der Waals surface area contributed by atoms with Gasteiger partial charge in [-0.1, -0.05) is 77.0 Å². The van der Waals surface area contributed by atoms with Crippen molar-refractivity contribution in [1.29, 1.82) is 0 Å². The fourth-order valence-corrected chi connectivity index (χ4v) is 5.97. The minimum absolute atomic E-state index is 0.00505. The molecule has 0 aromatic rings. The van der Waals surface area contributed by atoms with Crippen LogP contribution in [0, 0.1) is 0 Å². The molecule has 0 bridgehead atoms. The highest BCUT2D eigenvalue weighted by atomic mass is 16.6. The number of rotatable bonds is 44. The summed E-state index contributed by atoms with van der Waals surface area (Å²) in [6.45, 7) is 3.88. The first-order chi connectivity index (χ1) is 28.1. The summed E-state index contributed by atoms with van der Waals surface area (Å²) in [4.78, 5) is 69.7. The molecule has 0 spiro atoms. The van der Waals surface area contributed by atoms with Gasteiger partial charge in [-0.2, -0.15) is 0 Å². The fourth-order valence-electron chi connectivity index (χ4n) is 5.97. The topological polar surface area (TPSA) is 248 Å². The Labute approximate surface area is 345 Å². The molecule has 2 atom stereocenters. The second kappa shape index (κ2) is 40.4. The van der Waals surface area contributed by atoms with Crippen molar-refractivity contribution in [2.24, 2.45) is 0 Å². The molecule has 17 nitrogen and oxygen atoms in total. The highest BCUT2D eigenvalue weighted by Gasteiger charge is 2.21. The van der Waals surface area contributed by atoms with Crippen molar-refractivity contribution in [2.45, 2.75) is 153 Å². The zero-order chi connectivity index (χ0) is 42.9. The first kappa shape index (κ1) is 54.6. The first-order valence-electron chi connectivity index (χ1n) is 21.5. The van der Waals surface area contributed by atoms with Gasteiger partial charge in [0.1, 0.15) is 12.1 Å². The largest absolute Gasteiger partial charge is 0.481 e. The predicted molar refractivity (Wildman–Crippen MR) is 219 cm³/mol. The third-order valence-electron chi connectivity index (χ3n) is 9.37. The van der Waals surface area contributed by atoms with Crippen LogP contribution in [0.5, 0.6) is 0 Å². The van der Waals surface area contributed by atoms with E-state index < -0.39 is 35.9 Å². The second-order valence-electron chi connectivity index (χ2n) is 14.4. The molecule has 3 amide bonds. The van der Waals surface area contributed by atoms with Crippen LogP contribution in [0.2, 0.25) is 0 Å². The van der Waals surface area contributed by atoms with Crippen LogP contribution in [-0.4, -0.2) is 136 Å². The van der Waals surface area contributed by atoms with Crippen LogP contribution in [-0.2, 0) is 47.7 Å². The molecule has 7 N–H and O–H groups in total. The van der Waals surface area contributed by atoms with Gasteiger partial charge in [-0.3, -0.25) is 28.8 Å². The van der Waals surface area contributed by atoms with Crippen molar-refractivity contribution >= 4 is 35.6 Å². The lowest BCUT2D eigenvalue weighted by molar-refractivity contribution is -0.140. The van der Waals surface area contributed by atoms with Crippen LogP contribution in [0.15, 0.2) is 0 Å². The lowest BCUT2D eigenvalue weighted by Crippen LogP contribution is -2.47. The van der Waals surface area contributed by atoms with Crippen LogP contribution < -0.4 is 21.3 Å². The molecule has 58 heavy (non-hydrogen) atoms. The molecule has 0 fully saturated rings. The van der Waals surface area contributed by atoms with E-state index in [0.717, 1.165) is 38.5 Å². The van der Waals surface area contributed by atoms with E-state index in [0.29, 0.717) is 91.4 Å². The first-order valence-corrected chi connectivity index (χ1v) is 21.5. The standard InChI is InChI=1S/C41H76N4O13/c1-42-35(41(53)54)18-16-17-24-44-40(52)34(21-22-38(48)49)45-37(47)20-15-13-11-9-7-5-3-2-4-6-8-10-12-14-19-36(46)43-25-27-56-29-31-58-33-32-57-30-28-55-26-23-39(50)51/h34-35,42H,2-33H2,1H3,(H,43,46)(H,44,52)(H,45,47)(H,48,49)(H,50,51)(H,53,54)/t34-,35-/m0/s1. The van der Waals surface area contributed by atoms with Gasteiger partial charge >= 0.3 is 17.9 Å². The van der Waals surface area contributed by atoms with Crippen molar-refractivity contribution < 1.29 is 63.0 Å². The van der Waals surface area contributed by atoms with Crippen LogP contribution in [0.3, 0.4) is 0 Å². The smallest absolute Gasteiger partial charge is 0.320 e. The van der Waals surface area contributed by atoms with Gasteiger partial charge in [-0.05, 0) is 45.6 Å². The number of aliphatic carboxylic acids is 3. The number of ether oxygens (including phenoxy) is 4. The molecule has 0 aliphatic heterocycles. The highest BCUT2D eigenvalue weighted by molar-refractivity contribution is 5.88. The average Bonchev–Trinajstić information content (AvgIpc) is 3.18. The Bertz CT molecular complexity index is 1080. The van der Waals surface area contributed by atoms with E-state index in [1.807, 2.05) is 0 Å². The third kappa shape index (κ3) is 38.2. The van der Waals surface area contributed by atoms with Gasteiger partial charge in [0.15, 0.2) is 0 Å². The van der Waals surface area contributed by atoms with Gasteiger partial charge in [0.25, 0.3) is 0 Å². The lowest BCUT2D eigenvalue weighted by atomic mass is 10.0. The van der Waals surface area contributed by atoms with Gasteiger partial charge in [0, 0.05) is 32.4 Å². The number of likely N-dealkylation sites (N-methyl/N-ethyl adjacent to an activating group) is 1. The highest BCUT2D eigenvalue weighted by Crippen LogP contribution is 2.14. The summed E-state index contributed by atoms with van der Waals surface area (Å²) >= 11 is 0. The maximum absolute atomic E-state index is 12.6. The second-order valence-corrected chi connectivity index (χ2v) is 14.4. The van der Waals surface area contributed by atoms with E-state index in [-0.39, 0.29) is 44.1 Å². The lowest BCUT2D eigenvalue weighted by Gasteiger charge is -2.18. The summed E-state index contributed by atoms with van der Waals surface area (Å²) in [5, 5.41) is 37.7. The molecule has 0 rings (SSSR count). The van der Waals surface area contributed by atoms with Crippen molar-refractivity contribution in [3.8, 4) is 0 Å². The Hall–Kier alpha value is -3.38. The Morgan fingerprint density at radius 2 is 0.879 bits per heavy atom. The monoisotopic (exact) mass is 833 g/mol. The number of unbranched alkanes of at least 4 members (excludes halogenated alkanes) is 14. The molecule has 0 heterocycles. The molecular formula is C41H76N4O13. The summed E-state index contributed by atoms with van der Waals surface area (Å²) in [6.07, 6.45) is 17.5. The molecule has 0 aromatic heterocycles. The zero-order valence-corrected chi connectivity index (χ0v) is 35.2. The van der Waals surface area contributed by atoms with E-state index >= 15 is 0 Å². The van der Waals surface area contributed by atoms with Gasteiger partial charge < -0.3 is 55.5 Å². The number of hydrogen-bond acceptors (Lipinski definition) is 11. The molecule has 0 aliphatic carbocycles. The van der Waals surface area contributed by atoms with Crippen LogP contribution >= 0.6 is 0 Å². The number of carbonyl (C=O) groups excluding carboxylic acids is 3. The number of amides is 3. The molecular weight excluding hydrogens is 756 g/mol. The normalized spacial score (nSPS) is 12.2. The van der Waals surface area contributed by atoms with Crippen LogP contribution in [0.1, 0.15) is 141 Å². The predicted octanol–water partition coefficient (Wildman–Crippen LogP) is 4.19. The molecule has 0 unspecified atom stereocenters. The SMILES string of the molecule is CN[C@@H](CCCCNC(=O)[C@H](CCC(=O)O)NC(=O)CCCCCCCCCCCCCCCCC(=O)NCCOCCOCCOCCOCCC(=O)O)C(=O)O. The van der Waals surface area contributed by atoms with Crippen molar-refractivity contribution in [2.75, 3.05) is 73.0 Å². The summed E-state index contributed by atoms with van der Waals surface area (Å²) in [5.41, 5.74) is 0. The molecule has 0 aromatic carbocycles. The molecule has 0 saturated carbocycles. The molecule has 0 aliphatic rings. The maximum Gasteiger partial charge on any atom is 0.320 e. The third-order valence-corrected chi connectivity index (χ3v) is 9.37. The quantitative estimate of drug-likeness (QED) is 0.0426. The maximum atomic E-state index is 12.6. The van der Waals surface area contributed by atoms with E-state index in [1.165, 1.54) is 44.9 Å². The van der Waals surface area contributed by atoms with E-state index in [2.05, 4.69) is 21.3 Å². The Morgan fingerprint density at radius 3 is 1.34 bits per heavy atom. The summed E-state index contributed by atoms with van der Waals surface area (Å²) in [7, 11) is 1.58. The van der Waals surface area contributed by atoms with Crippen molar-refractivity contribution in [3.63, 3.8) is 0 Å². The van der Waals surface area contributed by atoms with Crippen molar-refractivity contribution in [1.82, 2.24) is 21.3 Å². The molecule has 0 radical (unpaired) electrons. The molecule has 338 valence electrons. The Kier molecular flexibility index (Phi) is 38.0. The number of carboxylic acid groups (broad SMARTS) is 3. The average molecular weight is 833 g/mol. The summed E-state index contributed by atoms with van der Waals surface area (Å²) in [5.74, 6) is -3.48. The summed E-state index contributed by atoms with van der Waals surface area (Å²) < 4.78 is 21.3. The number of carboxylic acids is 3. The van der Waals surface area contributed by atoms with Crippen LogP contribution in [0.4, 0.5) is 0 Å². The van der Waals surface area contributed by atoms with Crippen LogP contribution in [0.25, 0.3) is 0 Å². The van der Waals surface area contributed by atoms with Gasteiger partial charge in [0.05, 0.1) is 59.3 Å². The van der Waals surface area contributed by atoms with E-state index in [4.69, 9.17) is 34.3 Å². The summed E-state index contributed by atoms with van der Waals surface area (Å²) in [6, 6.07) is -1.56. The minimum Gasteiger partial charge on any atom is -0.481 e. The Balaban J connectivity index is 3.62. The number of carbonyl (C=O) groups is 6. The van der Waals surface area contributed by atoms with Gasteiger partial charge in [-0.15, -0.1) is 0 Å². The van der Waals surface area contributed by atoms with Gasteiger partial charge in [-0.25, -0.2) is 0 Å². The number of hydrogen-bond donors (Lipinski definition) is 7. The zero-order valence-electron chi connectivity index (χ0n) is 35.2. The van der Waals surface area contributed by atoms with Gasteiger partial charge in [0.2, 0.25) is 17.7 Å².